The van der Waals surface area contributed by atoms with Gasteiger partial charge in [-0.25, -0.2) is 0 Å². The Bertz CT molecular complexity index is 381. The molecule has 0 saturated heterocycles. The van der Waals surface area contributed by atoms with E-state index < -0.39 is 0 Å². The molecule has 2 aromatic rings. The molecule has 0 saturated carbocycles. The average Bonchev–Trinajstić information content (AvgIpc) is 2.20. The fourth-order valence-corrected chi connectivity index (χ4v) is 1.14. The van der Waals surface area contributed by atoms with Crippen molar-refractivity contribution in [1.82, 2.24) is 10.2 Å². The van der Waals surface area contributed by atoms with Crippen molar-refractivity contribution in [3.63, 3.8) is 0 Å². The van der Waals surface area contributed by atoms with Gasteiger partial charge < -0.3 is 5.73 Å². The van der Waals surface area contributed by atoms with Crippen LogP contribution in [0, 0.1) is 0 Å². The van der Waals surface area contributed by atoms with Crippen LogP contribution < -0.4 is 5.73 Å². The molecule has 3 nitrogen and oxygen atoms in total. The Balaban J connectivity index is 2.42. The summed E-state index contributed by atoms with van der Waals surface area (Å²) in [7, 11) is 0. The van der Waals surface area contributed by atoms with E-state index in [1.165, 1.54) is 0 Å². The topological polar surface area (TPSA) is 51.8 Å². The first-order chi connectivity index (χ1) is 6.36. The number of nitrogens with zero attached hydrogens (tertiary/aromatic N) is 2. The molecule has 2 rings (SSSR count). The molecule has 0 fully saturated rings. The number of hydrogen-bond acceptors (Lipinski definition) is 3. The number of benzene rings is 1. The fourth-order valence-electron chi connectivity index (χ4n) is 1.14. The average molecular weight is 171 g/mol. The van der Waals surface area contributed by atoms with Crippen LogP contribution in [-0.4, -0.2) is 10.2 Å². The molecule has 0 spiro atoms. The van der Waals surface area contributed by atoms with Gasteiger partial charge in [-0.1, -0.05) is 12.1 Å². The molecular weight excluding hydrogens is 162 g/mol. The first kappa shape index (κ1) is 7.73. The number of hydrogen-bond donors (Lipinski definition) is 1. The van der Waals surface area contributed by atoms with E-state index in [-0.39, 0.29) is 0 Å². The first-order valence-electron chi connectivity index (χ1n) is 3.99. The van der Waals surface area contributed by atoms with Crippen LogP contribution in [0.5, 0.6) is 0 Å². The normalized spacial score (nSPS) is 9.85. The van der Waals surface area contributed by atoms with Crippen molar-refractivity contribution in [2.45, 2.75) is 0 Å². The van der Waals surface area contributed by atoms with Crippen LogP contribution in [0.4, 0.5) is 5.69 Å². The third kappa shape index (κ3) is 1.64. The van der Waals surface area contributed by atoms with Crippen molar-refractivity contribution in [3.05, 3.63) is 42.7 Å². The summed E-state index contributed by atoms with van der Waals surface area (Å²) in [6.45, 7) is 0. The maximum Gasteiger partial charge on any atom is 0.0574 e. The number of nitrogen functional groups attached to an aromatic ring is 1. The van der Waals surface area contributed by atoms with Gasteiger partial charge in [0.25, 0.3) is 0 Å². The van der Waals surface area contributed by atoms with Gasteiger partial charge >= 0.3 is 0 Å². The van der Waals surface area contributed by atoms with E-state index in [4.69, 9.17) is 5.73 Å². The Morgan fingerprint density at radius 2 is 1.62 bits per heavy atom. The predicted molar refractivity (Wildman–Crippen MR) is 51.9 cm³/mol. The zero-order valence-corrected chi connectivity index (χ0v) is 7.01. The van der Waals surface area contributed by atoms with Gasteiger partial charge in [-0.15, -0.1) is 0 Å². The molecule has 0 amide bonds. The van der Waals surface area contributed by atoms with Crippen LogP contribution in [0.15, 0.2) is 42.7 Å². The minimum absolute atomic E-state index is 0.769. The van der Waals surface area contributed by atoms with E-state index in [1.807, 2.05) is 30.3 Å². The standard InChI is InChI=1S/C10H9N3/c11-10-3-1-8(2-4-10)9-5-6-12-13-7-9/h1-7H,11H2. The molecule has 0 aliphatic carbocycles. The Morgan fingerprint density at radius 3 is 2.23 bits per heavy atom. The minimum Gasteiger partial charge on any atom is -0.399 e. The summed E-state index contributed by atoms with van der Waals surface area (Å²) in [4.78, 5) is 0. The highest BCUT2D eigenvalue weighted by Gasteiger charge is 1.95. The Kier molecular flexibility index (Phi) is 1.92. The van der Waals surface area contributed by atoms with Crippen molar-refractivity contribution < 1.29 is 0 Å². The lowest BCUT2D eigenvalue weighted by Gasteiger charge is -1.99. The Hall–Kier alpha value is -1.90. The summed E-state index contributed by atoms with van der Waals surface area (Å²) in [6, 6.07) is 9.59. The molecule has 0 atom stereocenters. The summed E-state index contributed by atoms with van der Waals surface area (Å²) in [5.41, 5.74) is 8.50. The molecule has 0 unspecified atom stereocenters. The van der Waals surface area contributed by atoms with E-state index >= 15 is 0 Å². The summed E-state index contributed by atoms with van der Waals surface area (Å²) in [5.74, 6) is 0. The van der Waals surface area contributed by atoms with Crippen molar-refractivity contribution in [2.24, 2.45) is 0 Å². The molecule has 64 valence electrons. The highest BCUT2D eigenvalue weighted by atomic mass is 15.1. The predicted octanol–water partition coefficient (Wildman–Crippen LogP) is 1.73. The van der Waals surface area contributed by atoms with Crippen LogP contribution in [0.2, 0.25) is 0 Å². The molecule has 2 N–H and O–H groups in total. The molecule has 0 aliphatic rings. The van der Waals surface area contributed by atoms with Crippen LogP contribution in [-0.2, 0) is 0 Å². The molecular formula is C10H9N3. The SMILES string of the molecule is Nc1ccc(-c2ccnnc2)cc1. The molecule has 0 aliphatic heterocycles. The lowest BCUT2D eigenvalue weighted by molar-refractivity contribution is 1.03. The minimum atomic E-state index is 0.769. The summed E-state index contributed by atoms with van der Waals surface area (Å²) < 4.78 is 0. The molecule has 13 heavy (non-hydrogen) atoms. The number of nitrogens with two attached hydrogens (primary N) is 1. The van der Waals surface area contributed by atoms with Gasteiger partial charge in [0.1, 0.15) is 0 Å². The van der Waals surface area contributed by atoms with Crippen molar-refractivity contribution in [1.29, 1.82) is 0 Å². The maximum atomic E-state index is 5.58. The van der Waals surface area contributed by atoms with Gasteiger partial charge in [0.15, 0.2) is 0 Å². The van der Waals surface area contributed by atoms with E-state index in [2.05, 4.69) is 10.2 Å². The van der Waals surface area contributed by atoms with Crippen molar-refractivity contribution >= 4 is 5.69 Å². The van der Waals surface area contributed by atoms with E-state index in [9.17, 15) is 0 Å². The molecule has 0 radical (unpaired) electrons. The van der Waals surface area contributed by atoms with Crippen LogP contribution in [0.1, 0.15) is 0 Å². The third-order valence-electron chi connectivity index (χ3n) is 1.83. The van der Waals surface area contributed by atoms with E-state index in [1.54, 1.807) is 12.4 Å². The highest BCUT2D eigenvalue weighted by molar-refractivity contribution is 5.64. The molecule has 1 heterocycles. The maximum absolute atomic E-state index is 5.58. The van der Waals surface area contributed by atoms with Crippen LogP contribution in [0.3, 0.4) is 0 Å². The van der Waals surface area contributed by atoms with Crippen LogP contribution in [0.25, 0.3) is 11.1 Å². The number of rotatable bonds is 1. The Morgan fingerprint density at radius 1 is 0.846 bits per heavy atom. The molecule has 1 aromatic heterocycles. The zero-order valence-electron chi connectivity index (χ0n) is 7.01. The third-order valence-corrected chi connectivity index (χ3v) is 1.83. The van der Waals surface area contributed by atoms with Gasteiger partial charge in [-0.2, -0.15) is 10.2 Å². The number of anilines is 1. The first-order valence-corrected chi connectivity index (χ1v) is 3.99. The molecule has 0 bridgehead atoms. The smallest absolute Gasteiger partial charge is 0.0574 e. The quantitative estimate of drug-likeness (QED) is 0.665. The van der Waals surface area contributed by atoms with Crippen molar-refractivity contribution in [3.8, 4) is 11.1 Å². The zero-order chi connectivity index (χ0) is 9.10. The number of aromatic nitrogens is 2. The molecule has 3 heteroatoms. The van der Waals surface area contributed by atoms with Gasteiger partial charge in [-0.05, 0) is 23.8 Å². The second kappa shape index (κ2) is 3.23. The highest BCUT2D eigenvalue weighted by Crippen LogP contribution is 2.18. The molecule has 1 aromatic carbocycles. The van der Waals surface area contributed by atoms with Gasteiger partial charge in [0, 0.05) is 11.3 Å². The summed E-state index contributed by atoms with van der Waals surface area (Å²) in [6.07, 6.45) is 3.40. The van der Waals surface area contributed by atoms with Gasteiger partial charge in [0.2, 0.25) is 0 Å². The second-order valence-corrected chi connectivity index (χ2v) is 2.75. The lowest BCUT2D eigenvalue weighted by atomic mass is 10.1. The fraction of sp³-hybridized carbons (Fsp3) is 0. The van der Waals surface area contributed by atoms with Gasteiger partial charge in [-0.3, -0.25) is 0 Å². The van der Waals surface area contributed by atoms with E-state index in [0.717, 1.165) is 16.8 Å². The van der Waals surface area contributed by atoms with Crippen LogP contribution >= 0.6 is 0 Å². The Labute approximate surface area is 76.2 Å². The summed E-state index contributed by atoms with van der Waals surface area (Å²) in [5, 5.41) is 7.52. The summed E-state index contributed by atoms with van der Waals surface area (Å²) >= 11 is 0. The second-order valence-electron chi connectivity index (χ2n) is 2.75. The van der Waals surface area contributed by atoms with Crippen molar-refractivity contribution in [2.75, 3.05) is 5.73 Å². The largest absolute Gasteiger partial charge is 0.399 e. The van der Waals surface area contributed by atoms with Gasteiger partial charge in [0.05, 0.1) is 12.4 Å². The lowest BCUT2D eigenvalue weighted by Crippen LogP contribution is -1.85. The van der Waals surface area contributed by atoms with E-state index in [0.29, 0.717) is 0 Å². The monoisotopic (exact) mass is 171 g/mol.